The van der Waals surface area contributed by atoms with Gasteiger partial charge in [-0.1, -0.05) is 6.07 Å². The van der Waals surface area contributed by atoms with Crippen LogP contribution in [0, 0.1) is 10.1 Å². The normalized spacial score (nSPS) is 10.5. The first kappa shape index (κ1) is 17.5. The zero-order valence-corrected chi connectivity index (χ0v) is 14.5. The number of aromatic nitrogens is 4. The average Bonchev–Trinajstić information content (AvgIpc) is 3.05. The lowest BCUT2D eigenvalue weighted by Gasteiger charge is -2.07. The maximum absolute atomic E-state index is 12.3. The fourth-order valence-corrected chi connectivity index (χ4v) is 2.99. The van der Waals surface area contributed by atoms with Gasteiger partial charge in [-0.05, 0) is 35.5 Å². The molecule has 0 atom stereocenters. The molecule has 2 heterocycles. The number of nitrogens with zero attached hydrogens (tertiary/aromatic N) is 5. The van der Waals surface area contributed by atoms with Gasteiger partial charge in [0.2, 0.25) is 0 Å². The Hall–Kier alpha value is -3.27. The Bertz CT molecular complexity index is 944. The highest BCUT2D eigenvalue weighted by Gasteiger charge is 2.20. The minimum atomic E-state index is -0.517. The van der Waals surface area contributed by atoms with Gasteiger partial charge in [-0.25, -0.2) is 0 Å². The average molecular weight is 370 g/mol. The third-order valence-corrected chi connectivity index (χ3v) is 4.58. The van der Waals surface area contributed by atoms with Crippen molar-refractivity contribution < 1.29 is 9.72 Å². The van der Waals surface area contributed by atoms with Crippen molar-refractivity contribution in [3.8, 4) is 0 Å². The smallest absolute Gasteiger partial charge is 0.284 e. The first-order valence-corrected chi connectivity index (χ1v) is 8.33. The Morgan fingerprint density at radius 2 is 2.23 bits per heavy atom. The van der Waals surface area contributed by atoms with E-state index in [4.69, 9.17) is 0 Å². The van der Waals surface area contributed by atoms with Gasteiger partial charge in [-0.2, -0.15) is 0 Å². The summed E-state index contributed by atoms with van der Waals surface area (Å²) in [4.78, 5) is 27.5. The second-order valence-corrected chi connectivity index (χ2v) is 6.32. The number of carbonyl (C=O) groups excluding carboxylic acids is 1. The molecule has 1 N–H and O–H groups in total. The summed E-state index contributed by atoms with van der Waals surface area (Å²) in [6.45, 7) is 0.288. The molecule has 0 aliphatic rings. The van der Waals surface area contributed by atoms with Crippen LogP contribution in [0.2, 0.25) is 0 Å². The molecular formula is C16H14N6O3S. The molecule has 0 unspecified atom stereocenters. The van der Waals surface area contributed by atoms with E-state index < -0.39 is 10.8 Å². The predicted octanol–water partition coefficient (Wildman–Crippen LogP) is 2.20. The van der Waals surface area contributed by atoms with E-state index in [-0.39, 0.29) is 17.8 Å². The summed E-state index contributed by atoms with van der Waals surface area (Å²) in [6.07, 6.45) is 4.79. The number of nitro benzene ring substituents is 1. The maximum Gasteiger partial charge on any atom is 0.284 e. The van der Waals surface area contributed by atoms with Crippen LogP contribution in [-0.2, 0) is 13.6 Å². The van der Waals surface area contributed by atoms with E-state index in [9.17, 15) is 14.9 Å². The lowest BCUT2D eigenvalue weighted by molar-refractivity contribution is -0.387. The Labute approximate surface area is 152 Å². The molecule has 26 heavy (non-hydrogen) atoms. The molecule has 3 aromatic rings. The minimum absolute atomic E-state index is 0.160. The van der Waals surface area contributed by atoms with Gasteiger partial charge >= 0.3 is 0 Å². The molecule has 9 nitrogen and oxygen atoms in total. The van der Waals surface area contributed by atoms with Crippen LogP contribution in [0.5, 0.6) is 0 Å². The number of carbonyl (C=O) groups is 1. The Balaban J connectivity index is 1.78. The molecule has 0 saturated carbocycles. The van der Waals surface area contributed by atoms with Gasteiger partial charge in [0.15, 0.2) is 5.16 Å². The van der Waals surface area contributed by atoms with Gasteiger partial charge in [0.05, 0.1) is 9.82 Å². The molecule has 0 radical (unpaired) electrons. The van der Waals surface area contributed by atoms with E-state index in [0.29, 0.717) is 10.1 Å². The third kappa shape index (κ3) is 4.03. The Morgan fingerprint density at radius 3 is 2.88 bits per heavy atom. The zero-order valence-electron chi connectivity index (χ0n) is 13.7. The van der Waals surface area contributed by atoms with Crippen molar-refractivity contribution in [3.63, 3.8) is 0 Å². The summed E-state index contributed by atoms with van der Waals surface area (Å²) in [6, 6.07) is 7.94. The summed E-state index contributed by atoms with van der Waals surface area (Å²) in [5.74, 6) is -0.396. The number of nitro groups is 1. The van der Waals surface area contributed by atoms with Crippen LogP contribution in [0.15, 0.2) is 59.1 Å². The maximum atomic E-state index is 12.3. The first-order chi connectivity index (χ1) is 12.5. The summed E-state index contributed by atoms with van der Waals surface area (Å²) in [5, 5.41) is 22.3. The summed E-state index contributed by atoms with van der Waals surface area (Å²) >= 11 is 1.11. The van der Waals surface area contributed by atoms with Crippen molar-refractivity contribution in [2.24, 2.45) is 7.05 Å². The van der Waals surface area contributed by atoms with Crippen molar-refractivity contribution in [1.29, 1.82) is 0 Å². The second kappa shape index (κ2) is 7.74. The quantitative estimate of drug-likeness (QED) is 0.522. The van der Waals surface area contributed by atoms with Gasteiger partial charge in [-0.15, -0.1) is 10.2 Å². The number of benzene rings is 1. The lowest BCUT2D eigenvalue weighted by Crippen LogP contribution is -2.22. The van der Waals surface area contributed by atoms with Gasteiger partial charge in [0.25, 0.3) is 11.6 Å². The van der Waals surface area contributed by atoms with Gasteiger partial charge < -0.3 is 9.88 Å². The van der Waals surface area contributed by atoms with Crippen LogP contribution in [0.3, 0.4) is 0 Å². The lowest BCUT2D eigenvalue weighted by atomic mass is 10.2. The van der Waals surface area contributed by atoms with Crippen LogP contribution in [0.1, 0.15) is 15.9 Å². The topological polar surface area (TPSA) is 116 Å². The molecule has 3 rings (SSSR count). The van der Waals surface area contributed by atoms with E-state index in [0.717, 1.165) is 17.3 Å². The fraction of sp³-hybridized carbons (Fsp3) is 0.125. The van der Waals surface area contributed by atoms with Crippen LogP contribution >= 0.6 is 11.8 Å². The molecule has 0 fully saturated rings. The van der Waals surface area contributed by atoms with Crippen molar-refractivity contribution >= 4 is 23.4 Å². The highest BCUT2D eigenvalue weighted by Crippen LogP contribution is 2.34. The first-order valence-electron chi connectivity index (χ1n) is 7.52. The zero-order chi connectivity index (χ0) is 18.5. The van der Waals surface area contributed by atoms with Crippen LogP contribution in [0.25, 0.3) is 0 Å². The highest BCUT2D eigenvalue weighted by molar-refractivity contribution is 7.99. The molecule has 1 amide bonds. The molecule has 0 spiro atoms. The largest absolute Gasteiger partial charge is 0.348 e. The molecule has 0 bridgehead atoms. The summed E-state index contributed by atoms with van der Waals surface area (Å²) in [5.41, 5.74) is 0.889. The van der Waals surface area contributed by atoms with Crippen molar-refractivity contribution in [1.82, 2.24) is 25.1 Å². The van der Waals surface area contributed by atoms with E-state index >= 15 is 0 Å². The van der Waals surface area contributed by atoms with Crippen molar-refractivity contribution in [2.75, 3.05) is 0 Å². The third-order valence-electron chi connectivity index (χ3n) is 3.46. The number of rotatable bonds is 6. The van der Waals surface area contributed by atoms with Crippen LogP contribution in [-0.4, -0.2) is 30.6 Å². The summed E-state index contributed by atoms with van der Waals surface area (Å²) < 4.78 is 1.66. The number of pyridine rings is 1. The molecule has 2 aromatic heterocycles. The number of nitrogens with one attached hydrogen (secondary N) is 1. The number of amides is 1. The Morgan fingerprint density at radius 1 is 1.38 bits per heavy atom. The van der Waals surface area contributed by atoms with E-state index in [1.54, 1.807) is 36.1 Å². The van der Waals surface area contributed by atoms with Gasteiger partial charge in [0, 0.05) is 37.6 Å². The molecule has 0 aliphatic carbocycles. The van der Waals surface area contributed by atoms with Gasteiger partial charge in [0.1, 0.15) is 6.33 Å². The highest BCUT2D eigenvalue weighted by atomic mass is 32.2. The molecule has 0 aliphatic heterocycles. The molecular weight excluding hydrogens is 356 g/mol. The minimum Gasteiger partial charge on any atom is -0.348 e. The van der Waals surface area contributed by atoms with Crippen molar-refractivity contribution in [3.05, 3.63) is 70.3 Å². The standard InChI is InChI=1S/C16H14N6O3S/c1-21-10-19-20-16(21)26-14-5-4-12(7-13(14)22(24)25)15(23)18-9-11-3-2-6-17-8-11/h2-8,10H,9H2,1H3,(H,18,23). The predicted molar refractivity (Wildman–Crippen MR) is 93.6 cm³/mol. The van der Waals surface area contributed by atoms with Crippen LogP contribution < -0.4 is 5.32 Å². The Kier molecular flexibility index (Phi) is 5.23. The number of aryl methyl sites for hydroxylation is 1. The fourth-order valence-electron chi connectivity index (χ4n) is 2.14. The van der Waals surface area contributed by atoms with E-state index in [1.165, 1.54) is 18.5 Å². The molecule has 132 valence electrons. The van der Waals surface area contributed by atoms with Gasteiger partial charge in [-0.3, -0.25) is 19.9 Å². The number of hydrogen-bond acceptors (Lipinski definition) is 7. The second-order valence-electron chi connectivity index (χ2n) is 5.31. The van der Waals surface area contributed by atoms with Crippen LogP contribution in [0.4, 0.5) is 5.69 Å². The number of hydrogen-bond donors (Lipinski definition) is 1. The molecule has 10 heteroatoms. The van der Waals surface area contributed by atoms with E-state index in [1.807, 2.05) is 6.07 Å². The molecule has 0 saturated heterocycles. The monoisotopic (exact) mass is 370 g/mol. The van der Waals surface area contributed by atoms with Crippen molar-refractivity contribution in [2.45, 2.75) is 16.6 Å². The summed E-state index contributed by atoms with van der Waals surface area (Å²) in [7, 11) is 1.74. The van der Waals surface area contributed by atoms with E-state index in [2.05, 4.69) is 20.5 Å². The molecule has 1 aromatic carbocycles. The SMILES string of the molecule is Cn1cnnc1Sc1ccc(C(=O)NCc2cccnc2)cc1[N+](=O)[O-].